The highest BCUT2D eigenvalue weighted by Gasteiger charge is 1.97. The van der Waals surface area contributed by atoms with Gasteiger partial charge >= 0.3 is 0 Å². The number of anilines is 1. The summed E-state index contributed by atoms with van der Waals surface area (Å²) in [5, 5.41) is 6.96. The van der Waals surface area contributed by atoms with E-state index >= 15 is 0 Å². The summed E-state index contributed by atoms with van der Waals surface area (Å²) in [6.45, 7) is 1.82. The second-order valence-corrected chi connectivity index (χ2v) is 2.86. The molecule has 0 aliphatic heterocycles. The van der Waals surface area contributed by atoms with Gasteiger partial charge in [-0.25, -0.2) is 0 Å². The van der Waals surface area contributed by atoms with Gasteiger partial charge in [0.15, 0.2) is 0 Å². The van der Waals surface area contributed by atoms with Crippen LogP contribution in [0.15, 0.2) is 16.8 Å². The van der Waals surface area contributed by atoms with E-state index in [-0.39, 0.29) is 6.04 Å². The maximum absolute atomic E-state index is 10.2. The first-order chi connectivity index (χ1) is 4.83. The number of rotatable bonds is 3. The van der Waals surface area contributed by atoms with Gasteiger partial charge in [0.1, 0.15) is 6.29 Å². The molecule has 0 fully saturated rings. The fraction of sp³-hybridized carbons (Fsp3) is 0.286. The number of carbonyl (C=O) groups excluding carboxylic acids is 1. The molecule has 0 radical (unpaired) electrons. The molecule has 1 aromatic heterocycles. The Balaban J connectivity index is 2.47. The minimum absolute atomic E-state index is 0.0883. The van der Waals surface area contributed by atoms with Gasteiger partial charge in [0.05, 0.1) is 6.04 Å². The number of carbonyl (C=O) groups is 1. The normalized spacial score (nSPS) is 12.5. The van der Waals surface area contributed by atoms with E-state index in [1.807, 2.05) is 23.8 Å². The van der Waals surface area contributed by atoms with Crippen molar-refractivity contribution in [1.29, 1.82) is 0 Å². The number of aldehydes is 1. The first-order valence-electron chi connectivity index (χ1n) is 3.07. The van der Waals surface area contributed by atoms with Crippen molar-refractivity contribution in [2.24, 2.45) is 0 Å². The lowest BCUT2D eigenvalue weighted by molar-refractivity contribution is -0.108. The number of hydrogen-bond donors (Lipinski definition) is 1. The maximum Gasteiger partial charge on any atom is 0.141 e. The fourth-order valence-electron chi connectivity index (χ4n) is 0.644. The van der Waals surface area contributed by atoms with E-state index in [0.717, 1.165) is 12.0 Å². The van der Waals surface area contributed by atoms with Crippen molar-refractivity contribution in [3.05, 3.63) is 16.8 Å². The van der Waals surface area contributed by atoms with Gasteiger partial charge in [-0.3, -0.25) is 0 Å². The van der Waals surface area contributed by atoms with Gasteiger partial charge < -0.3 is 10.1 Å². The van der Waals surface area contributed by atoms with E-state index in [1.54, 1.807) is 11.3 Å². The lowest BCUT2D eigenvalue weighted by Gasteiger charge is -2.04. The Morgan fingerprint density at radius 2 is 2.60 bits per heavy atom. The Hall–Kier alpha value is -0.830. The van der Waals surface area contributed by atoms with Gasteiger partial charge in [-0.2, -0.15) is 11.3 Å². The molecule has 0 saturated heterocycles. The van der Waals surface area contributed by atoms with Gasteiger partial charge in [-0.05, 0) is 18.4 Å². The summed E-state index contributed by atoms with van der Waals surface area (Å²) < 4.78 is 0. The largest absolute Gasteiger partial charge is 0.375 e. The summed E-state index contributed by atoms with van der Waals surface area (Å²) in [4.78, 5) is 10.2. The minimum atomic E-state index is -0.0883. The molecule has 0 unspecified atom stereocenters. The zero-order valence-electron chi connectivity index (χ0n) is 5.70. The van der Waals surface area contributed by atoms with Gasteiger partial charge in [0.2, 0.25) is 0 Å². The highest BCUT2D eigenvalue weighted by atomic mass is 32.1. The summed E-state index contributed by atoms with van der Waals surface area (Å²) >= 11 is 1.61. The molecule has 0 aromatic carbocycles. The predicted molar refractivity (Wildman–Crippen MR) is 43.5 cm³/mol. The van der Waals surface area contributed by atoms with Crippen LogP contribution >= 0.6 is 11.3 Å². The third-order valence-corrected chi connectivity index (χ3v) is 1.80. The topological polar surface area (TPSA) is 29.1 Å². The van der Waals surface area contributed by atoms with Crippen molar-refractivity contribution in [2.45, 2.75) is 13.0 Å². The van der Waals surface area contributed by atoms with Crippen LogP contribution in [0, 0.1) is 0 Å². The molecular weight excluding hydrogens is 146 g/mol. The standard InChI is InChI=1S/C7H9NOS/c1-6(4-9)8-7-2-3-10-5-7/h2-6,8H,1H3/t6-/m0/s1. The molecule has 1 atom stereocenters. The zero-order valence-corrected chi connectivity index (χ0v) is 6.52. The first-order valence-corrected chi connectivity index (χ1v) is 4.01. The van der Waals surface area contributed by atoms with E-state index in [1.165, 1.54) is 0 Å². The molecule has 0 amide bonds. The van der Waals surface area contributed by atoms with Crippen molar-refractivity contribution in [1.82, 2.24) is 0 Å². The molecule has 54 valence electrons. The minimum Gasteiger partial charge on any atom is -0.375 e. The summed E-state index contributed by atoms with van der Waals surface area (Å²) in [7, 11) is 0. The second-order valence-electron chi connectivity index (χ2n) is 2.08. The third kappa shape index (κ3) is 1.84. The molecule has 3 heteroatoms. The van der Waals surface area contributed by atoms with Gasteiger partial charge in [-0.15, -0.1) is 0 Å². The molecule has 1 aromatic rings. The Kier molecular flexibility index (Phi) is 2.45. The molecule has 2 nitrogen and oxygen atoms in total. The van der Waals surface area contributed by atoms with Crippen LogP contribution in [0.4, 0.5) is 5.69 Å². The van der Waals surface area contributed by atoms with E-state index in [2.05, 4.69) is 5.32 Å². The van der Waals surface area contributed by atoms with Crippen molar-refractivity contribution in [3.63, 3.8) is 0 Å². The Morgan fingerprint density at radius 3 is 3.10 bits per heavy atom. The Labute approximate surface area is 63.9 Å². The summed E-state index contributed by atoms with van der Waals surface area (Å²) in [5.74, 6) is 0. The van der Waals surface area contributed by atoms with Crippen LogP contribution < -0.4 is 5.32 Å². The fourth-order valence-corrected chi connectivity index (χ4v) is 1.24. The van der Waals surface area contributed by atoms with Crippen molar-refractivity contribution in [3.8, 4) is 0 Å². The smallest absolute Gasteiger partial charge is 0.141 e. The average Bonchev–Trinajstić information content (AvgIpc) is 2.40. The van der Waals surface area contributed by atoms with Crippen LogP contribution in [0.25, 0.3) is 0 Å². The van der Waals surface area contributed by atoms with Crippen LogP contribution in [0.5, 0.6) is 0 Å². The number of hydrogen-bond acceptors (Lipinski definition) is 3. The van der Waals surface area contributed by atoms with E-state index in [0.29, 0.717) is 0 Å². The second kappa shape index (κ2) is 3.37. The van der Waals surface area contributed by atoms with Crippen LogP contribution in [-0.4, -0.2) is 12.3 Å². The zero-order chi connectivity index (χ0) is 7.40. The van der Waals surface area contributed by atoms with Gasteiger partial charge in [0.25, 0.3) is 0 Å². The molecule has 10 heavy (non-hydrogen) atoms. The quantitative estimate of drug-likeness (QED) is 0.674. The monoisotopic (exact) mass is 155 g/mol. The predicted octanol–water partition coefficient (Wildman–Crippen LogP) is 1.75. The molecule has 1 heterocycles. The lowest BCUT2D eigenvalue weighted by atomic mass is 10.3. The SMILES string of the molecule is C[C@@H](C=O)Nc1ccsc1. The molecule has 0 bridgehead atoms. The lowest BCUT2D eigenvalue weighted by Crippen LogP contribution is -2.15. The van der Waals surface area contributed by atoms with Gasteiger partial charge in [-0.1, -0.05) is 0 Å². The van der Waals surface area contributed by atoms with Crippen molar-refractivity contribution >= 4 is 23.3 Å². The Bertz CT molecular complexity index is 195. The van der Waals surface area contributed by atoms with Crippen molar-refractivity contribution < 1.29 is 4.79 Å². The number of nitrogens with one attached hydrogen (secondary N) is 1. The first kappa shape index (κ1) is 7.28. The van der Waals surface area contributed by atoms with Crippen LogP contribution in [0.1, 0.15) is 6.92 Å². The van der Waals surface area contributed by atoms with E-state index in [4.69, 9.17) is 0 Å². The molecule has 0 aliphatic carbocycles. The average molecular weight is 155 g/mol. The summed E-state index contributed by atoms with van der Waals surface area (Å²) in [5.41, 5.74) is 1.02. The van der Waals surface area contributed by atoms with Gasteiger partial charge in [0, 0.05) is 11.1 Å². The molecular formula is C7H9NOS. The molecule has 0 aliphatic rings. The maximum atomic E-state index is 10.2. The van der Waals surface area contributed by atoms with Crippen LogP contribution in [-0.2, 0) is 4.79 Å². The highest BCUT2D eigenvalue weighted by molar-refractivity contribution is 7.08. The van der Waals surface area contributed by atoms with E-state index < -0.39 is 0 Å². The third-order valence-electron chi connectivity index (χ3n) is 1.12. The van der Waals surface area contributed by atoms with Crippen molar-refractivity contribution in [2.75, 3.05) is 5.32 Å². The Morgan fingerprint density at radius 1 is 1.80 bits per heavy atom. The summed E-state index contributed by atoms with van der Waals surface area (Å²) in [6, 6.07) is 1.86. The van der Waals surface area contributed by atoms with E-state index in [9.17, 15) is 4.79 Å². The molecule has 1 rings (SSSR count). The van der Waals surface area contributed by atoms with Crippen LogP contribution in [0.2, 0.25) is 0 Å². The molecule has 1 N–H and O–H groups in total. The molecule has 0 saturated carbocycles. The number of thiophene rings is 1. The van der Waals surface area contributed by atoms with Crippen LogP contribution in [0.3, 0.4) is 0 Å². The molecule has 0 spiro atoms. The highest BCUT2D eigenvalue weighted by Crippen LogP contribution is 2.11. The summed E-state index contributed by atoms with van der Waals surface area (Å²) in [6.07, 6.45) is 0.887.